The van der Waals surface area contributed by atoms with Crippen LogP contribution in [0.3, 0.4) is 0 Å². The molecule has 5 rings (SSSR count). The highest BCUT2D eigenvalue weighted by Gasteiger charge is 2.39. The average Bonchev–Trinajstić information content (AvgIpc) is 2.79. The van der Waals surface area contributed by atoms with Gasteiger partial charge in [-0.25, -0.2) is 0 Å². The Morgan fingerprint density at radius 2 is 1.40 bits per heavy atom. The molecule has 0 aromatic heterocycles. The molecule has 4 nitrogen and oxygen atoms in total. The third-order valence-corrected chi connectivity index (χ3v) is 10.4. The minimum atomic E-state index is -0.480. The molecule has 0 radical (unpaired) electrons. The van der Waals surface area contributed by atoms with Crippen LogP contribution in [0, 0.1) is 41.4 Å². The molecule has 5 saturated carbocycles. The van der Waals surface area contributed by atoms with Gasteiger partial charge in [-0.05, 0) is 127 Å². The Kier molecular flexibility index (Phi) is 9.66. The minimum Gasteiger partial charge on any atom is -0.361 e. The van der Waals surface area contributed by atoms with Crippen molar-refractivity contribution in [1.29, 1.82) is 0 Å². The molecule has 5 aliphatic carbocycles. The first-order chi connectivity index (χ1) is 16.6. The van der Waals surface area contributed by atoms with E-state index in [1.54, 1.807) is 0 Å². The van der Waals surface area contributed by atoms with Crippen molar-refractivity contribution in [2.45, 2.75) is 148 Å². The van der Waals surface area contributed by atoms with Crippen molar-refractivity contribution in [3.63, 3.8) is 0 Å². The molecule has 204 valence electrons. The minimum absolute atomic E-state index is 0.197. The van der Waals surface area contributed by atoms with Crippen molar-refractivity contribution in [2.75, 3.05) is 6.61 Å². The lowest BCUT2D eigenvalue weighted by Gasteiger charge is -2.45. The molecule has 5 atom stereocenters. The van der Waals surface area contributed by atoms with E-state index in [9.17, 15) is 0 Å². The summed E-state index contributed by atoms with van der Waals surface area (Å²) in [5.41, 5.74) is 12.2. The second-order valence-corrected chi connectivity index (χ2v) is 14.2. The van der Waals surface area contributed by atoms with Crippen LogP contribution in [-0.4, -0.2) is 24.2 Å². The second kappa shape index (κ2) is 12.1. The molecule has 0 aromatic rings. The molecule has 35 heavy (non-hydrogen) atoms. The maximum absolute atomic E-state index is 6.66. The number of nitrogens with two attached hydrogens (primary N) is 2. The van der Waals surface area contributed by atoms with Crippen molar-refractivity contribution in [3.05, 3.63) is 0 Å². The lowest BCUT2D eigenvalue weighted by atomic mass is 9.63. The van der Waals surface area contributed by atoms with E-state index in [0.29, 0.717) is 0 Å². The van der Waals surface area contributed by atoms with Crippen LogP contribution in [0.2, 0.25) is 0 Å². The van der Waals surface area contributed by atoms with Crippen molar-refractivity contribution >= 4 is 0 Å². The van der Waals surface area contributed by atoms with Crippen LogP contribution in [0.15, 0.2) is 0 Å². The first kappa shape index (κ1) is 27.9. The van der Waals surface area contributed by atoms with E-state index in [1.807, 2.05) is 0 Å². The van der Waals surface area contributed by atoms with E-state index in [-0.39, 0.29) is 6.10 Å². The van der Waals surface area contributed by atoms with Gasteiger partial charge in [0.2, 0.25) is 0 Å². The predicted molar refractivity (Wildman–Crippen MR) is 146 cm³/mol. The monoisotopic (exact) mass is 490 g/mol. The molecule has 0 aromatic carbocycles. The Balaban J connectivity index is 1.13. The molecular weight excluding hydrogens is 432 g/mol. The van der Waals surface area contributed by atoms with Crippen LogP contribution in [0.25, 0.3) is 0 Å². The van der Waals surface area contributed by atoms with Gasteiger partial charge in [0.05, 0.1) is 6.10 Å². The zero-order chi connectivity index (χ0) is 25.1. The van der Waals surface area contributed by atoms with Gasteiger partial charge in [0.15, 0.2) is 0 Å². The van der Waals surface area contributed by atoms with Gasteiger partial charge in [0, 0.05) is 6.61 Å². The summed E-state index contributed by atoms with van der Waals surface area (Å²) in [4.78, 5) is 0. The predicted octanol–water partition coefficient (Wildman–Crippen LogP) is 7.39. The molecule has 2 bridgehead atoms. The number of ether oxygens (including phenoxy) is 2. The van der Waals surface area contributed by atoms with Crippen LogP contribution < -0.4 is 11.5 Å². The average molecular weight is 491 g/mol. The van der Waals surface area contributed by atoms with Crippen molar-refractivity contribution in [3.8, 4) is 0 Å². The van der Waals surface area contributed by atoms with Crippen molar-refractivity contribution in [1.82, 2.24) is 0 Å². The Bertz CT molecular complexity index is 632. The number of hydrogen-bond donors (Lipinski definition) is 2. The fourth-order valence-corrected chi connectivity index (χ4v) is 8.86. The van der Waals surface area contributed by atoms with Gasteiger partial charge >= 0.3 is 0 Å². The molecule has 5 aliphatic rings. The van der Waals surface area contributed by atoms with Crippen LogP contribution in [-0.2, 0) is 9.47 Å². The van der Waals surface area contributed by atoms with Gasteiger partial charge in [-0.1, -0.05) is 44.9 Å². The summed E-state index contributed by atoms with van der Waals surface area (Å²) in [6, 6.07) is 0. The fraction of sp³-hybridized carbons (Fsp3) is 1.00. The zero-order valence-electron chi connectivity index (χ0n) is 23.6. The topological polar surface area (TPSA) is 70.5 Å². The van der Waals surface area contributed by atoms with Crippen molar-refractivity contribution in [2.24, 2.45) is 52.9 Å². The second-order valence-electron chi connectivity index (χ2n) is 14.2. The largest absolute Gasteiger partial charge is 0.361 e. The van der Waals surface area contributed by atoms with Crippen molar-refractivity contribution < 1.29 is 9.47 Å². The highest BCUT2D eigenvalue weighted by atomic mass is 16.5. The third kappa shape index (κ3) is 8.42. The summed E-state index contributed by atoms with van der Waals surface area (Å²) in [5, 5.41) is 0. The van der Waals surface area contributed by atoms with E-state index in [1.165, 1.54) is 89.9 Å². The fourth-order valence-electron chi connectivity index (χ4n) is 8.86. The SMILES string of the molecule is CC(C)OC(C)(N)CC1CCCC(C2CCC(CCOC(C)(N)CC3CC4CCC3CC4)CC2)C1. The molecule has 4 heteroatoms. The maximum atomic E-state index is 6.66. The Hall–Kier alpha value is -0.160. The van der Waals surface area contributed by atoms with E-state index in [4.69, 9.17) is 20.9 Å². The first-order valence-electron chi connectivity index (χ1n) is 15.5. The molecular formula is C31H58N2O2. The first-order valence-corrected chi connectivity index (χ1v) is 15.5. The van der Waals surface area contributed by atoms with Crippen LogP contribution in [0.4, 0.5) is 0 Å². The number of rotatable bonds is 11. The molecule has 5 unspecified atom stereocenters. The molecule has 5 fully saturated rings. The van der Waals surface area contributed by atoms with Gasteiger partial charge in [-0.15, -0.1) is 0 Å². The summed E-state index contributed by atoms with van der Waals surface area (Å²) in [7, 11) is 0. The molecule has 0 spiro atoms. The maximum Gasteiger partial charge on any atom is 0.114 e. The summed E-state index contributed by atoms with van der Waals surface area (Å²) >= 11 is 0. The molecule has 0 amide bonds. The summed E-state index contributed by atoms with van der Waals surface area (Å²) < 4.78 is 12.3. The number of fused-ring (bicyclic) bond motifs is 3. The molecule has 0 aliphatic heterocycles. The zero-order valence-corrected chi connectivity index (χ0v) is 23.6. The molecule has 4 N–H and O–H groups in total. The standard InChI is InChI=1S/C31H58N2O2/c1-22(2)35-31(4,33)20-25-6-5-7-28(19-25)26-12-8-23(9-13-26)16-17-34-30(3,32)21-29-18-24-10-14-27(29)15-11-24/h22-29H,5-21,32-33H2,1-4H3. The van der Waals surface area contributed by atoms with E-state index in [0.717, 1.165) is 60.9 Å². The van der Waals surface area contributed by atoms with Crippen LogP contribution in [0.1, 0.15) is 130 Å². The van der Waals surface area contributed by atoms with Crippen LogP contribution in [0.5, 0.6) is 0 Å². The third-order valence-electron chi connectivity index (χ3n) is 10.4. The Morgan fingerprint density at radius 1 is 0.714 bits per heavy atom. The lowest BCUT2D eigenvalue weighted by molar-refractivity contribution is -0.0822. The smallest absolute Gasteiger partial charge is 0.114 e. The molecule has 0 heterocycles. The Morgan fingerprint density at radius 3 is 2.03 bits per heavy atom. The molecule has 0 saturated heterocycles. The van der Waals surface area contributed by atoms with Crippen LogP contribution >= 0.6 is 0 Å². The van der Waals surface area contributed by atoms with Gasteiger partial charge in [0.25, 0.3) is 0 Å². The summed E-state index contributed by atoms with van der Waals surface area (Å²) in [6.45, 7) is 9.25. The quantitative estimate of drug-likeness (QED) is 0.296. The van der Waals surface area contributed by atoms with Gasteiger partial charge in [-0.2, -0.15) is 0 Å². The summed E-state index contributed by atoms with van der Waals surface area (Å²) in [5.74, 6) is 6.09. The normalized spacial score (nSPS) is 39.3. The summed E-state index contributed by atoms with van der Waals surface area (Å²) in [6.07, 6.45) is 21.8. The van der Waals surface area contributed by atoms with E-state index < -0.39 is 11.4 Å². The number of hydrogen-bond acceptors (Lipinski definition) is 4. The van der Waals surface area contributed by atoms with E-state index in [2.05, 4.69) is 27.7 Å². The van der Waals surface area contributed by atoms with Gasteiger partial charge in [-0.3, -0.25) is 0 Å². The lowest BCUT2D eigenvalue weighted by Crippen LogP contribution is -2.45. The van der Waals surface area contributed by atoms with Gasteiger partial charge in [0.1, 0.15) is 11.4 Å². The highest BCUT2D eigenvalue weighted by molar-refractivity contribution is 4.89. The Labute approximate surface area is 217 Å². The highest BCUT2D eigenvalue weighted by Crippen LogP contribution is 2.48. The van der Waals surface area contributed by atoms with E-state index >= 15 is 0 Å². The van der Waals surface area contributed by atoms with Gasteiger partial charge < -0.3 is 20.9 Å².